The zero-order valence-electron chi connectivity index (χ0n) is 15.1. The van der Waals surface area contributed by atoms with Crippen LogP contribution in [0.2, 0.25) is 0 Å². The second-order valence-electron chi connectivity index (χ2n) is 6.14. The van der Waals surface area contributed by atoms with Crippen molar-refractivity contribution in [1.29, 1.82) is 0 Å². The van der Waals surface area contributed by atoms with Crippen LogP contribution in [-0.2, 0) is 5.75 Å². The van der Waals surface area contributed by atoms with Crippen molar-refractivity contribution < 1.29 is 4.74 Å². The van der Waals surface area contributed by atoms with Gasteiger partial charge in [-0.05, 0) is 58.5 Å². The summed E-state index contributed by atoms with van der Waals surface area (Å²) in [5.41, 5.74) is 2.48. The van der Waals surface area contributed by atoms with Crippen molar-refractivity contribution in [2.75, 3.05) is 7.11 Å². The first kappa shape index (κ1) is 19.0. The molecule has 1 aromatic heterocycles. The predicted molar refractivity (Wildman–Crippen MR) is 123 cm³/mol. The summed E-state index contributed by atoms with van der Waals surface area (Å²) in [5, 5.41) is 1.24. The van der Waals surface area contributed by atoms with Gasteiger partial charge in [0.15, 0.2) is 5.16 Å². The SMILES string of the molecule is COc1ccccc1-n1c(SCc2ccccc2)nc2ccc(I)cc2c1=O. The van der Waals surface area contributed by atoms with Crippen LogP contribution in [0.1, 0.15) is 5.56 Å². The van der Waals surface area contributed by atoms with Crippen LogP contribution in [0.25, 0.3) is 16.6 Å². The van der Waals surface area contributed by atoms with Crippen molar-refractivity contribution >= 4 is 45.3 Å². The molecule has 1 heterocycles. The molecular weight excluding hydrogens is 483 g/mol. The van der Waals surface area contributed by atoms with E-state index < -0.39 is 0 Å². The summed E-state index contributed by atoms with van der Waals surface area (Å²) in [6, 6.07) is 23.4. The second kappa shape index (κ2) is 8.36. The summed E-state index contributed by atoms with van der Waals surface area (Å²) < 4.78 is 8.17. The van der Waals surface area contributed by atoms with Crippen molar-refractivity contribution in [3.8, 4) is 11.4 Å². The zero-order valence-corrected chi connectivity index (χ0v) is 18.1. The first-order valence-corrected chi connectivity index (χ1v) is 10.8. The van der Waals surface area contributed by atoms with Crippen molar-refractivity contribution in [3.63, 3.8) is 0 Å². The van der Waals surface area contributed by atoms with Gasteiger partial charge in [-0.25, -0.2) is 4.98 Å². The molecule has 0 bridgehead atoms. The fourth-order valence-corrected chi connectivity index (χ4v) is 4.44. The van der Waals surface area contributed by atoms with Gasteiger partial charge in [-0.15, -0.1) is 0 Å². The molecule has 0 aliphatic heterocycles. The summed E-state index contributed by atoms with van der Waals surface area (Å²) in [5.74, 6) is 1.36. The summed E-state index contributed by atoms with van der Waals surface area (Å²) in [6.45, 7) is 0. The minimum atomic E-state index is -0.0939. The Labute approximate surface area is 180 Å². The summed E-state index contributed by atoms with van der Waals surface area (Å²) in [7, 11) is 1.61. The predicted octanol–water partition coefficient (Wildman–Crippen LogP) is 5.29. The Hall–Kier alpha value is -2.32. The number of nitrogens with zero attached hydrogens (tertiary/aromatic N) is 2. The second-order valence-corrected chi connectivity index (χ2v) is 8.33. The average Bonchev–Trinajstić information content (AvgIpc) is 2.73. The lowest BCUT2D eigenvalue weighted by Crippen LogP contribution is -2.22. The lowest BCUT2D eigenvalue weighted by molar-refractivity contribution is 0.411. The lowest BCUT2D eigenvalue weighted by atomic mass is 10.2. The fourth-order valence-electron chi connectivity index (χ4n) is 2.98. The van der Waals surface area contributed by atoms with Crippen molar-refractivity contribution in [2.45, 2.75) is 10.9 Å². The quantitative estimate of drug-likeness (QED) is 0.212. The Morgan fingerprint density at radius 2 is 1.79 bits per heavy atom. The highest BCUT2D eigenvalue weighted by molar-refractivity contribution is 14.1. The molecule has 0 fully saturated rings. The van der Waals surface area contributed by atoms with Crippen LogP contribution in [0, 0.1) is 3.57 Å². The number of aromatic nitrogens is 2. The molecule has 4 rings (SSSR count). The molecule has 0 atom stereocenters. The number of rotatable bonds is 5. The van der Waals surface area contributed by atoms with Gasteiger partial charge in [-0.3, -0.25) is 9.36 Å². The van der Waals surface area contributed by atoms with Gasteiger partial charge >= 0.3 is 0 Å². The fraction of sp³-hybridized carbons (Fsp3) is 0.0909. The average molecular weight is 500 g/mol. The first-order valence-electron chi connectivity index (χ1n) is 8.70. The van der Waals surface area contributed by atoms with Crippen LogP contribution in [0.15, 0.2) is 82.7 Å². The number of thioether (sulfide) groups is 1. The standard InChI is InChI=1S/C22H17IN2O2S/c1-27-20-10-6-5-9-19(20)25-21(26)17-13-16(23)11-12-18(17)24-22(25)28-14-15-7-3-2-4-8-15/h2-13H,14H2,1H3. The Kier molecular flexibility index (Phi) is 5.68. The van der Waals surface area contributed by atoms with E-state index in [0.29, 0.717) is 27.5 Å². The lowest BCUT2D eigenvalue weighted by Gasteiger charge is -2.16. The maximum atomic E-state index is 13.4. The van der Waals surface area contributed by atoms with Gasteiger partial charge in [0.2, 0.25) is 0 Å². The normalized spacial score (nSPS) is 10.9. The summed E-state index contributed by atoms with van der Waals surface area (Å²) >= 11 is 3.75. The highest BCUT2D eigenvalue weighted by Gasteiger charge is 2.16. The minimum Gasteiger partial charge on any atom is -0.495 e. The van der Waals surface area contributed by atoms with Gasteiger partial charge in [0.1, 0.15) is 5.75 Å². The summed E-state index contributed by atoms with van der Waals surface area (Å²) in [4.78, 5) is 18.2. The van der Waals surface area contributed by atoms with Crippen LogP contribution < -0.4 is 10.3 Å². The van der Waals surface area contributed by atoms with Crippen molar-refractivity contribution in [1.82, 2.24) is 9.55 Å². The number of hydrogen-bond donors (Lipinski definition) is 0. The highest BCUT2D eigenvalue weighted by Crippen LogP contribution is 2.29. The van der Waals surface area contributed by atoms with Crippen LogP contribution in [0.5, 0.6) is 5.75 Å². The van der Waals surface area contributed by atoms with E-state index in [2.05, 4.69) is 34.7 Å². The molecule has 0 aliphatic rings. The molecule has 3 aromatic carbocycles. The maximum Gasteiger partial charge on any atom is 0.266 e. The number of halogens is 1. The number of benzene rings is 3. The third-order valence-corrected chi connectivity index (χ3v) is 6.02. The molecule has 0 amide bonds. The minimum absolute atomic E-state index is 0.0939. The van der Waals surface area contributed by atoms with Crippen LogP contribution in [0.3, 0.4) is 0 Å². The number of hydrogen-bond acceptors (Lipinski definition) is 4. The number of para-hydroxylation sites is 2. The number of ether oxygens (including phenoxy) is 1. The van der Waals surface area contributed by atoms with E-state index in [4.69, 9.17) is 9.72 Å². The largest absolute Gasteiger partial charge is 0.495 e. The Morgan fingerprint density at radius 3 is 2.57 bits per heavy atom. The van der Waals surface area contributed by atoms with E-state index >= 15 is 0 Å². The molecule has 4 nitrogen and oxygen atoms in total. The van der Waals surface area contributed by atoms with E-state index in [9.17, 15) is 4.79 Å². The Balaban J connectivity index is 1.91. The first-order chi connectivity index (χ1) is 13.7. The highest BCUT2D eigenvalue weighted by atomic mass is 127. The molecule has 0 saturated carbocycles. The van der Waals surface area contributed by atoms with Crippen molar-refractivity contribution in [2.24, 2.45) is 0 Å². The Morgan fingerprint density at radius 1 is 1.04 bits per heavy atom. The molecule has 0 spiro atoms. The zero-order chi connectivity index (χ0) is 19.5. The van der Waals surface area contributed by atoms with Gasteiger partial charge in [0.25, 0.3) is 5.56 Å². The Bertz CT molecular complexity index is 1190. The molecule has 0 N–H and O–H groups in total. The monoisotopic (exact) mass is 500 g/mol. The van der Waals surface area contributed by atoms with Gasteiger partial charge in [-0.1, -0.05) is 54.2 Å². The molecule has 0 aliphatic carbocycles. The molecule has 6 heteroatoms. The molecule has 0 saturated heterocycles. The van der Waals surface area contributed by atoms with Crippen LogP contribution in [-0.4, -0.2) is 16.7 Å². The van der Waals surface area contributed by atoms with Gasteiger partial charge < -0.3 is 4.74 Å². The molecule has 140 valence electrons. The van der Waals surface area contributed by atoms with E-state index in [1.165, 1.54) is 5.56 Å². The molecule has 28 heavy (non-hydrogen) atoms. The molecule has 0 unspecified atom stereocenters. The smallest absolute Gasteiger partial charge is 0.266 e. The van der Waals surface area contributed by atoms with Gasteiger partial charge in [0, 0.05) is 9.32 Å². The van der Waals surface area contributed by atoms with Crippen LogP contribution in [0.4, 0.5) is 0 Å². The van der Waals surface area contributed by atoms with Crippen molar-refractivity contribution in [3.05, 3.63) is 92.3 Å². The molecule has 0 radical (unpaired) electrons. The number of methoxy groups -OCH3 is 1. The van der Waals surface area contributed by atoms with E-state index in [1.807, 2.05) is 60.7 Å². The third-order valence-electron chi connectivity index (χ3n) is 4.34. The van der Waals surface area contributed by atoms with E-state index in [-0.39, 0.29) is 5.56 Å². The van der Waals surface area contributed by atoms with Crippen LogP contribution >= 0.6 is 34.4 Å². The maximum absolute atomic E-state index is 13.4. The van der Waals surface area contributed by atoms with Gasteiger partial charge in [-0.2, -0.15) is 0 Å². The number of fused-ring (bicyclic) bond motifs is 1. The third kappa shape index (κ3) is 3.79. The van der Waals surface area contributed by atoms with E-state index in [1.54, 1.807) is 23.4 Å². The molecule has 4 aromatic rings. The topological polar surface area (TPSA) is 44.1 Å². The van der Waals surface area contributed by atoms with Gasteiger partial charge in [0.05, 0.1) is 23.7 Å². The summed E-state index contributed by atoms with van der Waals surface area (Å²) in [6.07, 6.45) is 0. The van der Waals surface area contributed by atoms with E-state index in [0.717, 1.165) is 9.32 Å². The molecular formula is C22H17IN2O2S.